The molecule has 1 aliphatic heterocycles. The molecule has 2 rings (SSSR count). The second-order valence-electron chi connectivity index (χ2n) is 14.1. The van der Waals surface area contributed by atoms with Crippen molar-refractivity contribution < 1.29 is 31.7 Å². The smallest absolute Gasteiger partial charge is 0.330 e. The summed E-state index contributed by atoms with van der Waals surface area (Å²) < 4.78 is 49.0. The highest BCUT2D eigenvalue weighted by molar-refractivity contribution is 7.85. The van der Waals surface area contributed by atoms with Crippen LogP contribution in [-0.4, -0.2) is 91.2 Å². The summed E-state index contributed by atoms with van der Waals surface area (Å²) in [5, 5.41) is 9.43. The maximum absolute atomic E-state index is 12.3. The van der Waals surface area contributed by atoms with Gasteiger partial charge in [0.1, 0.15) is 0 Å². The van der Waals surface area contributed by atoms with Gasteiger partial charge in [-0.05, 0) is 43.8 Å². The van der Waals surface area contributed by atoms with Crippen LogP contribution in [0.2, 0.25) is 18.1 Å². The van der Waals surface area contributed by atoms with Crippen molar-refractivity contribution in [3.05, 3.63) is 33.1 Å². The van der Waals surface area contributed by atoms with E-state index in [0.717, 1.165) is 10.6 Å². The van der Waals surface area contributed by atoms with Crippen LogP contribution in [-0.2, 0) is 19.3 Å². The van der Waals surface area contributed by atoms with Gasteiger partial charge in [0.15, 0.2) is 14.5 Å². The number of nitrogens with one attached hydrogen (secondary N) is 1. The van der Waals surface area contributed by atoms with E-state index in [1.165, 1.54) is 88.2 Å². The Hall–Kier alpha value is -1.35. The number of aliphatic hydroxyl groups excluding tert-OH is 1. The van der Waals surface area contributed by atoms with Crippen LogP contribution in [0, 0.1) is 5.92 Å². The second-order valence-corrected chi connectivity index (χ2v) is 20.4. The van der Waals surface area contributed by atoms with Crippen LogP contribution < -0.4 is 11.2 Å². The first kappa shape index (κ1) is 41.7. The van der Waals surface area contributed by atoms with E-state index in [2.05, 4.69) is 32.7 Å². The third-order valence-electron chi connectivity index (χ3n) is 9.38. The van der Waals surface area contributed by atoms with E-state index in [1.807, 2.05) is 33.9 Å². The van der Waals surface area contributed by atoms with Crippen LogP contribution in [0.25, 0.3) is 0 Å². The molecule has 1 fully saturated rings. The minimum atomic E-state index is -4.65. The summed E-state index contributed by atoms with van der Waals surface area (Å²) in [5.74, 6) is -1.77. The number of hydrogen-bond donors (Lipinski definition) is 2. The average molecular weight is 678 g/mol. The summed E-state index contributed by atoms with van der Waals surface area (Å²) in [6.07, 6.45) is 9.21. The minimum Gasteiger partial charge on any atom is -0.748 e. The van der Waals surface area contributed by atoms with Crippen LogP contribution in [0.15, 0.2) is 21.9 Å². The molecule has 264 valence electrons. The number of rotatable bonds is 18. The van der Waals surface area contributed by atoms with Crippen LogP contribution >= 0.6 is 0 Å². The van der Waals surface area contributed by atoms with Crippen LogP contribution in [0.3, 0.4) is 0 Å². The van der Waals surface area contributed by atoms with Gasteiger partial charge in [-0.15, -0.1) is 0 Å². The van der Waals surface area contributed by atoms with Gasteiger partial charge >= 0.3 is 5.69 Å². The number of aliphatic hydroxyl groups is 1. The number of aromatic amines is 1. The molecule has 1 aliphatic rings. The summed E-state index contributed by atoms with van der Waals surface area (Å²) in [7, 11) is -7.13. The van der Waals surface area contributed by atoms with Crippen LogP contribution in [0.1, 0.15) is 106 Å². The zero-order valence-electron chi connectivity index (χ0n) is 29.5. The van der Waals surface area contributed by atoms with Crippen molar-refractivity contribution in [2.45, 2.75) is 136 Å². The Kier molecular flexibility index (Phi) is 17.5. The third-order valence-corrected chi connectivity index (χ3v) is 14.6. The molecule has 13 heteroatoms. The van der Waals surface area contributed by atoms with Crippen molar-refractivity contribution in [3.63, 3.8) is 0 Å². The lowest BCUT2D eigenvalue weighted by atomic mass is 10.0. The van der Waals surface area contributed by atoms with Gasteiger partial charge in [-0.2, -0.15) is 0 Å². The molecule has 1 saturated heterocycles. The molecule has 1 aromatic rings. The number of quaternary nitrogens is 1. The Morgan fingerprint density at radius 1 is 0.978 bits per heavy atom. The molecule has 4 atom stereocenters. The Bertz CT molecular complexity index is 1170. The molecule has 1 aromatic heterocycles. The molecule has 2 heterocycles. The predicted molar refractivity (Wildman–Crippen MR) is 182 cm³/mol. The number of ether oxygens (including phenoxy) is 1. The van der Waals surface area contributed by atoms with Gasteiger partial charge in [-0.25, -0.2) is 13.2 Å². The van der Waals surface area contributed by atoms with Gasteiger partial charge < -0.3 is 23.3 Å². The quantitative estimate of drug-likeness (QED) is 0.125. The van der Waals surface area contributed by atoms with Gasteiger partial charge in [0.2, 0.25) is 0 Å². The van der Waals surface area contributed by atoms with E-state index >= 15 is 0 Å². The van der Waals surface area contributed by atoms with Crippen molar-refractivity contribution in [1.29, 1.82) is 0 Å². The fourth-order valence-electron chi connectivity index (χ4n) is 5.56. The normalized spacial score (nSPS) is 21.0. The molecule has 0 radical (unpaired) electrons. The largest absolute Gasteiger partial charge is 0.748 e. The Morgan fingerprint density at radius 2 is 1.44 bits per heavy atom. The van der Waals surface area contributed by atoms with Crippen molar-refractivity contribution in [3.8, 4) is 0 Å². The SMILES string of the molecule is CC(C)(C)[Si](C)(C)O[C@@H]1[C@H](CS(=O)(=O)[O-])[C@@H](CO)O[C@H]1n1ccc(=O)[nH]c1=O.CCCC[N+](CCCC)(CCCC)CCCC. The van der Waals surface area contributed by atoms with Gasteiger partial charge in [0, 0.05) is 23.9 Å². The van der Waals surface area contributed by atoms with Crippen molar-refractivity contribution in [2.24, 2.45) is 5.92 Å². The van der Waals surface area contributed by atoms with E-state index in [1.54, 1.807) is 0 Å². The Balaban J connectivity index is 0.000000512. The molecular formula is C32H63N3O8SSi. The number of unbranched alkanes of at least 4 members (excludes halogenated alkanes) is 4. The molecule has 0 spiro atoms. The van der Waals surface area contributed by atoms with Gasteiger partial charge in [-0.3, -0.25) is 14.3 Å². The second kappa shape index (κ2) is 18.8. The number of aromatic nitrogens is 2. The fourth-order valence-corrected chi connectivity index (χ4v) is 7.76. The predicted octanol–water partition coefficient (Wildman–Crippen LogP) is 4.98. The lowest BCUT2D eigenvalue weighted by Gasteiger charge is -2.41. The van der Waals surface area contributed by atoms with E-state index < -0.39 is 66.4 Å². The van der Waals surface area contributed by atoms with Crippen LogP contribution in [0.5, 0.6) is 0 Å². The zero-order chi connectivity index (χ0) is 34.5. The Labute approximate surface area is 273 Å². The standard InChI is InChI=1S/C16H28N2O8SSi.C16H36N/c1-16(2,3)28(4,5)26-13-10(9-27(22,23)24)11(8-19)25-14(13)18-7-6-12(20)17-15(18)21;1-5-9-13-17(14-10-6-2,15-11-7-3)16-12-8-4/h6-7,10-11,13-14,19H,8-9H2,1-5H3,(H,17,20,21)(H,22,23,24);5-16H2,1-4H3/q;+1/p-1/t10-,11-,13-,14-;/m1./s1. The van der Waals surface area contributed by atoms with Crippen molar-refractivity contribution in [2.75, 3.05) is 38.5 Å². The fraction of sp³-hybridized carbons (Fsp3) is 0.875. The van der Waals surface area contributed by atoms with E-state index in [-0.39, 0.29) is 5.04 Å². The zero-order valence-corrected chi connectivity index (χ0v) is 31.3. The molecule has 45 heavy (non-hydrogen) atoms. The van der Waals surface area contributed by atoms with E-state index in [9.17, 15) is 27.7 Å². The van der Waals surface area contributed by atoms with Gasteiger partial charge in [0.25, 0.3) is 5.56 Å². The first-order chi connectivity index (χ1) is 20.9. The molecule has 0 aliphatic carbocycles. The number of nitrogens with zero attached hydrogens (tertiary/aromatic N) is 2. The molecule has 2 N–H and O–H groups in total. The first-order valence-electron chi connectivity index (χ1n) is 16.9. The summed E-state index contributed by atoms with van der Waals surface area (Å²) in [6, 6.07) is 1.12. The molecule has 0 unspecified atom stereocenters. The third kappa shape index (κ3) is 13.4. The highest BCUT2D eigenvalue weighted by Gasteiger charge is 2.51. The maximum atomic E-state index is 12.3. The monoisotopic (exact) mass is 677 g/mol. The number of H-pyrrole nitrogens is 1. The minimum absolute atomic E-state index is 0.244. The van der Waals surface area contributed by atoms with E-state index in [0.29, 0.717) is 0 Å². The highest BCUT2D eigenvalue weighted by atomic mass is 32.2. The molecule has 0 saturated carbocycles. The molecule has 11 nitrogen and oxygen atoms in total. The van der Waals surface area contributed by atoms with Crippen molar-refractivity contribution >= 4 is 18.4 Å². The average Bonchev–Trinajstić information content (AvgIpc) is 3.26. The summed E-state index contributed by atoms with van der Waals surface area (Å²) in [6.45, 7) is 24.3. The highest BCUT2D eigenvalue weighted by Crippen LogP contribution is 2.43. The molecular weight excluding hydrogens is 615 g/mol. The van der Waals surface area contributed by atoms with Crippen LogP contribution in [0.4, 0.5) is 0 Å². The topological polar surface area (TPSA) is 151 Å². The van der Waals surface area contributed by atoms with E-state index in [4.69, 9.17) is 9.16 Å². The summed E-state index contributed by atoms with van der Waals surface area (Å²) in [4.78, 5) is 25.8. The lowest BCUT2D eigenvalue weighted by Crippen LogP contribution is -2.50. The maximum Gasteiger partial charge on any atom is 0.330 e. The molecule has 0 bridgehead atoms. The molecule has 0 aromatic carbocycles. The molecule has 0 amide bonds. The number of hydrogen-bond acceptors (Lipinski definition) is 8. The van der Waals surface area contributed by atoms with Gasteiger partial charge in [0.05, 0.1) is 55.1 Å². The Morgan fingerprint density at radius 3 is 1.80 bits per heavy atom. The lowest BCUT2D eigenvalue weighted by molar-refractivity contribution is -0.929. The summed E-state index contributed by atoms with van der Waals surface area (Å²) >= 11 is 0. The van der Waals surface area contributed by atoms with Gasteiger partial charge in [-0.1, -0.05) is 74.1 Å². The first-order valence-corrected chi connectivity index (χ1v) is 21.4. The summed E-state index contributed by atoms with van der Waals surface area (Å²) in [5.41, 5.74) is -1.36. The van der Waals surface area contributed by atoms with Crippen molar-refractivity contribution in [1.82, 2.24) is 9.55 Å².